The zero-order chi connectivity index (χ0) is 11.2. The molecule has 0 fully saturated rings. The first-order chi connectivity index (χ1) is 6.45. The van der Waals surface area contributed by atoms with Gasteiger partial charge in [-0.25, -0.2) is 0 Å². The van der Waals surface area contributed by atoms with E-state index in [1.807, 2.05) is 20.4 Å². The van der Waals surface area contributed by atoms with Crippen molar-refractivity contribution in [2.45, 2.75) is 26.4 Å². The molecule has 3 nitrogen and oxygen atoms in total. The van der Waals surface area contributed by atoms with Crippen LogP contribution >= 0.6 is 7.14 Å². The minimum absolute atomic E-state index is 0.768. The van der Waals surface area contributed by atoms with Crippen LogP contribution in [-0.2, 0) is 13.4 Å². The lowest BCUT2D eigenvalue weighted by Crippen LogP contribution is -2.37. The van der Waals surface area contributed by atoms with Gasteiger partial charge < -0.3 is 13.4 Å². The normalized spacial score (nSPS) is 13.2. The average Bonchev–Trinajstić information content (AvgIpc) is 2.25. The largest absolute Gasteiger partial charge is 0.398 e. The molecule has 5 heteroatoms. The van der Waals surface area contributed by atoms with Gasteiger partial charge in [-0.15, -0.1) is 0 Å². The van der Waals surface area contributed by atoms with E-state index < -0.39 is 15.7 Å². The van der Waals surface area contributed by atoms with E-state index in [1.54, 1.807) is 14.2 Å². The molecule has 0 spiro atoms. The summed E-state index contributed by atoms with van der Waals surface area (Å²) in [5, 5.41) is 0. The van der Waals surface area contributed by atoms with Crippen LogP contribution in [0.15, 0.2) is 0 Å². The summed E-state index contributed by atoms with van der Waals surface area (Å²) in [6.45, 7) is 6.02. The Hall–Kier alpha value is 0.367. The van der Waals surface area contributed by atoms with Gasteiger partial charge in [0.2, 0.25) is 0 Å². The van der Waals surface area contributed by atoms with Crippen molar-refractivity contribution in [2.75, 3.05) is 32.7 Å². The third kappa shape index (κ3) is 4.26. The molecule has 0 aliphatic heterocycles. The standard InChI is InChI=1S/C9H23O3PSi/c1-6-13(10,7-2)8-9-14(5,11-3)12-4/h6-9H2,1-5H3. The van der Waals surface area contributed by atoms with E-state index >= 15 is 0 Å². The van der Waals surface area contributed by atoms with Gasteiger partial charge in [-0.1, -0.05) is 13.8 Å². The molecule has 86 valence electrons. The van der Waals surface area contributed by atoms with Crippen LogP contribution in [0.1, 0.15) is 13.8 Å². The molecule has 0 saturated carbocycles. The van der Waals surface area contributed by atoms with Crippen molar-refractivity contribution < 1.29 is 13.4 Å². The second kappa shape index (κ2) is 6.06. The van der Waals surface area contributed by atoms with Crippen LogP contribution in [0.25, 0.3) is 0 Å². The minimum atomic E-state index is -2.01. The molecule has 14 heavy (non-hydrogen) atoms. The molecule has 0 atom stereocenters. The summed E-state index contributed by atoms with van der Waals surface area (Å²) in [5.74, 6) is 0. The Balaban J connectivity index is 4.21. The maximum atomic E-state index is 12.1. The maximum absolute atomic E-state index is 12.1. The second-order valence-corrected chi connectivity index (χ2v) is 11.1. The fraction of sp³-hybridized carbons (Fsp3) is 1.00. The first-order valence-corrected chi connectivity index (χ1v) is 9.91. The summed E-state index contributed by atoms with van der Waals surface area (Å²) in [7, 11) is -0.583. The zero-order valence-corrected chi connectivity index (χ0v) is 11.9. The van der Waals surface area contributed by atoms with Crippen LogP contribution in [0.4, 0.5) is 0 Å². The molecule has 0 saturated heterocycles. The van der Waals surface area contributed by atoms with Crippen molar-refractivity contribution in [2.24, 2.45) is 0 Å². The fourth-order valence-electron chi connectivity index (χ4n) is 1.23. The molecule has 0 aromatic carbocycles. The topological polar surface area (TPSA) is 35.5 Å². The van der Waals surface area contributed by atoms with E-state index in [1.165, 1.54) is 0 Å². The monoisotopic (exact) mass is 238 g/mol. The van der Waals surface area contributed by atoms with Gasteiger partial charge in [0.05, 0.1) is 7.14 Å². The van der Waals surface area contributed by atoms with Crippen molar-refractivity contribution in [3.63, 3.8) is 0 Å². The Morgan fingerprint density at radius 3 is 1.86 bits per heavy atom. The number of hydrogen-bond acceptors (Lipinski definition) is 3. The molecular weight excluding hydrogens is 215 g/mol. The zero-order valence-electron chi connectivity index (χ0n) is 10.0. The smallest absolute Gasteiger partial charge is 0.334 e. The second-order valence-electron chi connectivity index (χ2n) is 3.71. The lowest BCUT2D eigenvalue weighted by Gasteiger charge is -2.24. The lowest BCUT2D eigenvalue weighted by molar-refractivity contribution is 0.251. The first-order valence-electron chi connectivity index (χ1n) is 5.12. The molecule has 0 unspecified atom stereocenters. The lowest BCUT2D eigenvalue weighted by atomic mass is 10.9. The molecule has 0 aromatic heterocycles. The first kappa shape index (κ1) is 14.4. The summed E-state index contributed by atoms with van der Waals surface area (Å²) in [4.78, 5) is 0. The predicted octanol–water partition coefficient (Wildman–Crippen LogP) is 2.75. The molecule has 0 aliphatic rings. The SMILES string of the molecule is CCP(=O)(CC)CC[Si](C)(OC)OC. The summed E-state index contributed by atoms with van der Waals surface area (Å²) in [6.07, 6.45) is 2.35. The van der Waals surface area contributed by atoms with E-state index in [4.69, 9.17) is 8.85 Å². The summed E-state index contributed by atoms with van der Waals surface area (Å²) >= 11 is 0. The van der Waals surface area contributed by atoms with Crippen LogP contribution in [0.5, 0.6) is 0 Å². The molecule has 0 bridgehead atoms. The van der Waals surface area contributed by atoms with E-state index in [0.29, 0.717) is 0 Å². The van der Waals surface area contributed by atoms with Crippen LogP contribution in [0.2, 0.25) is 12.6 Å². The van der Waals surface area contributed by atoms with Crippen molar-refractivity contribution >= 4 is 15.7 Å². The molecule has 0 N–H and O–H groups in total. The van der Waals surface area contributed by atoms with Gasteiger partial charge >= 0.3 is 8.56 Å². The summed E-state index contributed by atoms with van der Waals surface area (Å²) in [5.41, 5.74) is 0. The molecule has 0 rings (SSSR count). The highest BCUT2D eigenvalue weighted by Crippen LogP contribution is 2.46. The van der Waals surface area contributed by atoms with E-state index in [9.17, 15) is 4.57 Å². The minimum Gasteiger partial charge on any atom is -0.398 e. The average molecular weight is 238 g/mol. The van der Waals surface area contributed by atoms with Crippen molar-refractivity contribution in [3.8, 4) is 0 Å². The number of hydrogen-bond donors (Lipinski definition) is 0. The predicted molar refractivity (Wildman–Crippen MR) is 64.0 cm³/mol. The van der Waals surface area contributed by atoms with Gasteiger partial charge in [-0.3, -0.25) is 0 Å². The summed E-state index contributed by atoms with van der Waals surface area (Å²) in [6, 6.07) is 0.832. The van der Waals surface area contributed by atoms with Crippen molar-refractivity contribution in [1.82, 2.24) is 0 Å². The molecule has 0 radical (unpaired) electrons. The van der Waals surface area contributed by atoms with E-state index in [0.717, 1.165) is 24.5 Å². The molecule has 0 amide bonds. The highest BCUT2D eigenvalue weighted by molar-refractivity contribution is 7.64. The van der Waals surface area contributed by atoms with Crippen LogP contribution in [0.3, 0.4) is 0 Å². The van der Waals surface area contributed by atoms with E-state index in [-0.39, 0.29) is 0 Å². The quantitative estimate of drug-likeness (QED) is 0.505. The maximum Gasteiger partial charge on any atom is 0.334 e. The van der Waals surface area contributed by atoms with Gasteiger partial charge in [-0.2, -0.15) is 0 Å². The van der Waals surface area contributed by atoms with Crippen molar-refractivity contribution in [1.29, 1.82) is 0 Å². The third-order valence-electron chi connectivity index (χ3n) is 2.99. The fourth-order valence-corrected chi connectivity index (χ4v) is 6.14. The highest BCUT2D eigenvalue weighted by atomic mass is 31.2. The Bertz CT molecular complexity index is 196. The van der Waals surface area contributed by atoms with Gasteiger partial charge in [0, 0.05) is 20.4 Å². The van der Waals surface area contributed by atoms with Gasteiger partial charge in [0.1, 0.15) is 0 Å². The van der Waals surface area contributed by atoms with E-state index in [2.05, 4.69) is 0 Å². The molecule has 0 aromatic rings. The highest BCUT2D eigenvalue weighted by Gasteiger charge is 2.31. The molecule has 0 heterocycles. The third-order valence-corrected chi connectivity index (χ3v) is 9.64. The van der Waals surface area contributed by atoms with Crippen molar-refractivity contribution in [3.05, 3.63) is 0 Å². The Morgan fingerprint density at radius 2 is 1.57 bits per heavy atom. The van der Waals surface area contributed by atoms with Crippen LogP contribution < -0.4 is 0 Å². The van der Waals surface area contributed by atoms with Crippen LogP contribution in [0, 0.1) is 0 Å². The van der Waals surface area contributed by atoms with Gasteiger partial charge in [-0.05, 0) is 24.9 Å². The number of rotatable bonds is 7. The van der Waals surface area contributed by atoms with Gasteiger partial charge in [0.15, 0.2) is 0 Å². The Morgan fingerprint density at radius 1 is 1.14 bits per heavy atom. The molecular formula is C9H23O3PSi. The Labute approximate surface area is 88.8 Å². The Kier molecular flexibility index (Phi) is 6.22. The molecule has 0 aliphatic carbocycles. The van der Waals surface area contributed by atoms with Crippen LogP contribution in [-0.4, -0.2) is 41.3 Å². The summed E-state index contributed by atoms with van der Waals surface area (Å²) < 4.78 is 22.9. The van der Waals surface area contributed by atoms with Gasteiger partial charge in [0.25, 0.3) is 0 Å².